The Bertz CT molecular complexity index is 1100. The van der Waals surface area contributed by atoms with Gasteiger partial charge in [-0.05, 0) is 25.1 Å². The predicted molar refractivity (Wildman–Crippen MR) is 102 cm³/mol. The van der Waals surface area contributed by atoms with E-state index in [0.29, 0.717) is 23.0 Å². The van der Waals surface area contributed by atoms with E-state index in [2.05, 4.69) is 20.7 Å². The number of rotatable bonds is 3. The molecule has 29 heavy (non-hydrogen) atoms. The van der Waals surface area contributed by atoms with Gasteiger partial charge < -0.3 is 10.6 Å². The lowest BCUT2D eigenvalue weighted by molar-refractivity contribution is -0.137. The molecule has 4 rings (SSSR count). The molecule has 148 valence electrons. The van der Waals surface area contributed by atoms with Crippen LogP contribution in [-0.4, -0.2) is 20.7 Å². The van der Waals surface area contributed by atoms with Gasteiger partial charge in [0.25, 0.3) is 5.91 Å². The Morgan fingerprint density at radius 3 is 2.62 bits per heavy atom. The van der Waals surface area contributed by atoms with E-state index in [1.54, 1.807) is 11.6 Å². The van der Waals surface area contributed by atoms with Crippen molar-refractivity contribution in [3.63, 3.8) is 0 Å². The molecule has 0 bridgehead atoms. The zero-order valence-electron chi connectivity index (χ0n) is 15.3. The zero-order valence-corrected chi connectivity index (χ0v) is 15.3. The first-order valence-corrected chi connectivity index (χ1v) is 8.77. The van der Waals surface area contributed by atoms with Gasteiger partial charge in [-0.25, -0.2) is 4.68 Å². The second-order valence-corrected chi connectivity index (χ2v) is 6.54. The largest absolute Gasteiger partial charge is 0.416 e. The topological polar surface area (TPSA) is 71.8 Å². The summed E-state index contributed by atoms with van der Waals surface area (Å²) in [6.07, 6.45) is -4.48. The average Bonchev–Trinajstić information content (AvgIpc) is 3.10. The van der Waals surface area contributed by atoms with Crippen molar-refractivity contribution in [1.29, 1.82) is 0 Å². The highest BCUT2D eigenvalue weighted by atomic mass is 19.4. The fourth-order valence-corrected chi connectivity index (χ4v) is 2.99. The minimum atomic E-state index is -4.48. The number of alkyl halides is 3. The van der Waals surface area contributed by atoms with Crippen molar-refractivity contribution < 1.29 is 18.0 Å². The third-order valence-electron chi connectivity index (χ3n) is 4.49. The lowest BCUT2D eigenvalue weighted by Gasteiger charge is -2.19. The SMILES string of the molecule is CC1=C(C(=O)Nc2cccc(C(F)(F)F)c2)Cn2nc(-c3ccccc3)nc2N1. The number of hydrogen-bond donors (Lipinski definition) is 2. The fraction of sp³-hybridized carbons (Fsp3) is 0.150. The van der Waals surface area contributed by atoms with Crippen LogP contribution in [0.15, 0.2) is 65.9 Å². The Hall–Kier alpha value is -3.62. The lowest BCUT2D eigenvalue weighted by Crippen LogP contribution is -2.26. The summed E-state index contributed by atoms with van der Waals surface area (Å²) < 4.78 is 40.2. The Labute approximate surface area is 164 Å². The van der Waals surface area contributed by atoms with Gasteiger partial charge in [0.1, 0.15) is 0 Å². The summed E-state index contributed by atoms with van der Waals surface area (Å²) in [5, 5.41) is 9.98. The number of allylic oxidation sites excluding steroid dienone is 1. The summed E-state index contributed by atoms with van der Waals surface area (Å²) in [6.45, 7) is 1.86. The van der Waals surface area contributed by atoms with Crippen LogP contribution in [0.5, 0.6) is 0 Å². The van der Waals surface area contributed by atoms with Crippen LogP contribution in [0.25, 0.3) is 11.4 Å². The number of amides is 1. The molecule has 6 nitrogen and oxygen atoms in total. The summed E-state index contributed by atoms with van der Waals surface area (Å²) >= 11 is 0. The fourth-order valence-electron chi connectivity index (χ4n) is 2.99. The molecule has 1 amide bonds. The number of aromatic nitrogens is 3. The van der Waals surface area contributed by atoms with Crippen molar-refractivity contribution in [3.8, 4) is 11.4 Å². The molecule has 1 aromatic heterocycles. The summed E-state index contributed by atoms with van der Waals surface area (Å²) in [6, 6.07) is 13.9. The van der Waals surface area contributed by atoms with Crippen LogP contribution in [-0.2, 0) is 17.5 Å². The van der Waals surface area contributed by atoms with E-state index in [0.717, 1.165) is 17.7 Å². The molecule has 1 aliphatic rings. The van der Waals surface area contributed by atoms with Crippen LogP contribution < -0.4 is 10.6 Å². The molecular formula is C20H16F3N5O. The van der Waals surface area contributed by atoms with E-state index in [-0.39, 0.29) is 12.2 Å². The van der Waals surface area contributed by atoms with Gasteiger partial charge in [-0.2, -0.15) is 18.2 Å². The number of benzene rings is 2. The van der Waals surface area contributed by atoms with E-state index < -0.39 is 17.6 Å². The highest BCUT2D eigenvalue weighted by Gasteiger charge is 2.31. The number of carbonyl (C=O) groups is 1. The zero-order chi connectivity index (χ0) is 20.6. The number of hydrogen-bond acceptors (Lipinski definition) is 4. The van der Waals surface area contributed by atoms with E-state index in [4.69, 9.17) is 0 Å². The number of anilines is 2. The number of carbonyl (C=O) groups excluding carboxylic acids is 1. The first-order chi connectivity index (χ1) is 13.8. The normalized spacial score (nSPS) is 13.7. The van der Waals surface area contributed by atoms with Crippen molar-refractivity contribution in [2.45, 2.75) is 19.6 Å². The van der Waals surface area contributed by atoms with Crippen LogP contribution in [0, 0.1) is 0 Å². The highest BCUT2D eigenvalue weighted by molar-refractivity contribution is 6.04. The van der Waals surface area contributed by atoms with E-state index in [1.807, 2.05) is 30.3 Å². The maximum atomic E-state index is 12.9. The highest BCUT2D eigenvalue weighted by Crippen LogP contribution is 2.31. The standard InChI is InChI=1S/C20H16F3N5O/c1-12-16(18(29)25-15-9-5-8-14(10-15)20(21,22)23)11-28-19(24-12)26-17(27-28)13-6-3-2-4-7-13/h2-10H,11H2,1H3,(H,25,29)(H,24,26,27). The van der Waals surface area contributed by atoms with E-state index in [9.17, 15) is 18.0 Å². The molecule has 0 radical (unpaired) electrons. The van der Waals surface area contributed by atoms with Crippen molar-refractivity contribution >= 4 is 17.5 Å². The molecule has 0 atom stereocenters. The number of nitrogens with one attached hydrogen (secondary N) is 2. The van der Waals surface area contributed by atoms with Gasteiger partial charge in [-0.15, -0.1) is 5.10 Å². The summed E-state index contributed by atoms with van der Waals surface area (Å²) in [5.74, 6) is 0.508. The van der Waals surface area contributed by atoms with Gasteiger partial charge in [-0.1, -0.05) is 36.4 Å². The van der Waals surface area contributed by atoms with Crippen LogP contribution in [0.1, 0.15) is 12.5 Å². The van der Waals surface area contributed by atoms with E-state index >= 15 is 0 Å². The van der Waals surface area contributed by atoms with Crippen molar-refractivity contribution in [1.82, 2.24) is 14.8 Å². The first-order valence-electron chi connectivity index (χ1n) is 8.77. The van der Waals surface area contributed by atoms with Crippen LogP contribution in [0.4, 0.5) is 24.8 Å². The van der Waals surface area contributed by atoms with Gasteiger partial charge in [0, 0.05) is 16.9 Å². The molecular weight excluding hydrogens is 383 g/mol. The number of nitrogens with zero attached hydrogens (tertiary/aromatic N) is 3. The molecule has 1 aliphatic heterocycles. The Kier molecular flexibility index (Phi) is 4.57. The predicted octanol–water partition coefficient (Wildman–Crippen LogP) is 4.30. The molecule has 0 saturated heterocycles. The Balaban J connectivity index is 1.54. The van der Waals surface area contributed by atoms with Crippen LogP contribution in [0.2, 0.25) is 0 Å². The van der Waals surface area contributed by atoms with Crippen LogP contribution >= 0.6 is 0 Å². The first kappa shape index (κ1) is 18.7. The van der Waals surface area contributed by atoms with Gasteiger partial charge in [0.15, 0.2) is 5.82 Å². The second-order valence-electron chi connectivity index (χ2n) is 6.54. The lowest BCUT2D eigenvalue weighted by atomic mass is 10.1. The molecule has 2 aromatic carbocycles. The number of fused-ring (bicyclic) bond motifs is 1. The third-order valence-corrected chi connectivity index (χ3v) is 4.49. The average molecular weight is 399 g/mol. The summed E-state index contributed by atoms with van der Waals surface area (Å²) in [7, 11) is 0. The van der Waals surface area contributed by atoms with Gasteiger partial charge in [0.2, 0.25) is 5.95 Å². The molecule has 3 aromatic rings. The molecule has 9 heteroatoms. The van der Waals surface area contributed by atoms with E-state index in [1.165, 1.54) is 12.1 Å². The Morgan fingerprint density at radius 1 is 1.14 bits per heavy atom. The van der Waals surface area contributed by atoms with Crippen molar-refractivity contribution in [2.24, 2.45) is 0 Å². The van der Waals surface area contributed by atoms with Gasteiger partial charge in [0.05, 0.1) is 17.7 Å². The second kappa shape index (κ2) is 7.08. The quantitative estimate of drug-likeness (QED) is 0.689. The molecule has 2 N–H and O–H groups in total. The smallest absolute Gasteiger partial charge is 0.328 e. The van der Waals surface area contributed by atoms with Gasteiger partial charge >= 0.3 is 6.18 Å². The maximum Gasteiger partial charge on any atom is 0.416 e. The monoisotopic (exact) mass is 399 g/mol. The van der Waals surface area contributed by atoms with Crippen molar-refractivity contribution in [3.05, 3.63) is 71.4 Å². The molecule has 0 unspecified atom stereocenters. The summed E-state index contributed by atoms with van der Waals surface area (Å²) in [5.41, 5.74) is 1.01. The minimum absolute atomic E-state index is 0.0690. The van der Waals surface area contributed by atoms with Crippen LogP contribution in [0.3, 0.4) is 0 Å². The number of halogens is 3. The van der Waals surface area contributed by atoms with Crippen molar-refractivity contribution in [2.75, 3.05) is 10.6 Å². The molecule has 0 fully saturated rings. The van der Waals surface area contributed by atoms with Gasteiger partial charge in [-0.3, -0.25) is 4.79 Å². The molecule has 0 spiro atoms. The molecule has 0 aliphatic carbocycles. The maximum absolute atomic E-state index is 12.9. The molecule has 0 saturated carbocycles. The summed E-state index contributed by atoms with van der Waals surface area (Å²) in [4.78, 5) is 17.1. The third kappa shape index (κ3) is 3.84. The molecule has 2 heterocycles. The Morgan fingerprint density at radius 2 is 1.90 bits per heavy atom. The minimum Gasteiger partial charge on any atom is -0.328 e.